The van der Waals surface area contributed by atoms with Gasteiger partial charge in [-0.1, -0.05) is 37.3 Å². The van der Waals surface area contributed by atoms with Crippen molar-refractivity contribution in [2.45, 2.75) is 38.8 Å². The number of aromatic nitrogens is 1. The van der Waals surface area contributed by atoms with Gasteiger partial charge in [-0.2, -0.15) is 0 Å². The van der Waals surface area contributed by atoms with E-state index in [1.165, 1.54) is 4.88 Å². The van der Waals surface area contributed by atoms with E-state index in [2.05, 4.69) is 24.1 Å². The van der Waals surface area contributed by atoms with Gasteiger partial charge in [-0.25, -0.2) is 4.98 Å². The topological polar surface area (TPSA) is 45.2 Å². The molecule has 0 bridgehead atoms. The molecular weight excluding hydrogens is 268 g/mol. The van der Waals surface area contributed by atoms with Crippen LogP contribution in [0.5, 0.6) is 0 Å². The Morgan fingerprint density at radius 2 is 2.05 bits per heavy atom. The summed E-state index contributed by atoms with van der Waals surface area (Å²) in [5.41, 5.74) is 0.0495. The summed E-state index contributed by atoms with van der Waals surface area (Å²) in [5.74, 6) is 0. The molecule has 0 aliphatic carbocycles. The minimum absolute atomic E-state index is 0.149. The molecule has 0 saturated heterocycles. The van der Waals surface area contributed by atoms with Gasteiger partial charge in [-0.15, -0.1) is 11.3 Å². The zero-order valence-corrected chi connectivity index (χ0v) is 13.1. The van der Waals surface area contributed by atoms with Crippen LogP contribution in [-0.2, 0) is 12.0 Å². The van der Waals surface area contributed by atoms with Gasteiger partial charge >= 0.3 is 0 Å². The van der Waals surface area contributed by atoms with Gasteiger partial charge in [-0.05, 0) is 25.8 Å². The highest BCUT2D eigenvalue weighted by Crippen LogP contribution is 2.23. The van der Waals surface area contributed by atoms with Crippen LogP contribution < -0.4 is 5.32 Å². The molecule has 0 aliphatic heterocycles. The second-order valence-electron chi connectivity index (χ2n) is 5.26. The fourth-order valence-electron chi connectivity index (χ4n) is 2.02. The largest absolute Gasteiger partial charge is 0.384 e. The van der Waals surface area contributed by atoms with E-state index in [0.29, 0.717) is 6.54 Å². The molecule has 0 aliphatic rings. The molecule has 1 aromatic heterocycles. The maximum atomic E-state index is 10.6. The number of nitrogens with zero attached hydrogens (tertiary/aromatic N) is 1. The average Bonchev–Trinajstić information content (AvgIpc) is 2.95. The van der Waals surface area contributed by atoms with E-state index in [-0.39, 0.29) is 6.04 Å². The average molecular weight is 290 g/mol. The summed E-state index contributed by atoms with van der Waals surface area (Å²) in [4.78, 5) is 5.73. The quantitative estimate of drug-likeness (QED) is 0.858. The molecule has 0 amide bonds. The fraction of sp³-hybridized carbons (Fsp3) is 0.438. The third-order valence-corrected chi connectivity index (χ3v) is 4.76. The van der Waals surface area contributed by atoms with Gasteiger partial charge in [0.2, 0.25) is 0 Å². The smallest absolute Gasteiger partial charge is 0.109 e. The zero-order chi connectivity index (χ0) is 14.6. The molecule has 0 spiro atoms. The standard InChI is InChI=1S/C16H22N2OS/c1-4-14-10-17-15(20-14)12(2)18-11-16(3,19)13-8-6-5-7-9-13/h5-10,12,18-19H,4,11H2,1-3H3. The van der Waals surface area contributed by atoms with E-state index in [4.69, 9.17) is 0 Å². The Kier molecular flexibility index (Phi) is 4.91. The summed E-state index contributed by atoms with van der Waals surface area (Å²) in [5, 5.41) is 15.0. The molecule has 20 heavy (non-hydrogen) atoms. The Balaban J connectivity index is 1.97. The number of rotatable bonds is 6. The molecule has 0 radical (unpaired) electrons. The van der Waals surface area contributed by atoms with Gasteiger partial charge in [0, 0.05) is 17.6 Å². The third-order valence-electron chi connectivity index (χ3n) is 3.44. The van der Waals surface area contributed by atoms with Gasteiger partial charge in [0.15, 0.2) is 0 Å². The summed E-state index contributed by atoms with van der Waals surface area (Å²) in [6, 6.07) is 9.90. The highest BCUT2D eigenvalue weighted by molar-refractivity contribution is 7.11. The van der Waals surface area contributed by atoms with E-state index in [0.717, 1.165) is 17.0 Å². The molecule has 3 nitrogen and oxygen atoms in total. The molecule has 2 N–H and O–H groups in total. The lowest BCUT2D eigenvalue weighted by molar-refractivity contribution is 0.0543. The van der Waals surface area contributed by atoms with E-state index in [1.807, 2.05) is 43.5 Å². The Morgan fingerprint density at radius 1 is 1.35 bits per heavy atom. The van der Waals surface area contributed by atoms with E-state index < -0.39 is 5.60 Å². The number of aryl methyl sites for hydroxylation is 1. The fourth-order valence-corrected chi connectivity index (χ4v) is 2.91. The molecule has 4 heteroatoms. The van der Waals surface area contributed by atoms with Crippen LogP contribution in [0.15, 0.2) is 36.5 Å². The molecule has 108 valence electrons. The van der Waals surface area contributed by atoms with Crippen LogP contribution in [0.25, 0.3) is 0 Å². The van der Waals surface area contributed by atoms with E-state index in [9.17, 15) is 5.11 Å². The van der Waals surface area contributed by atoms with Crippen LogP contribution in [0.1, 0.15) is 42.3 Å². The van der Waals surface area contributed by atoms with Crippen LogP contribution in [-0.4, -0.2) is 16.6 Å². The van der Waals surface area contributed by atoms with E-state index in [1.54, 1.807) is 11.3 Å². The first kappa shape index (κ1) is 15.2. The maximum absolute atomic E-state index is 10.6. The molecule has 2 rings (SSSR count). The van der Waals surface area contributed by atoms with Crippen molar-refractivity contribution in [3.05, 3.63) is 52.0 Å². The van der Waals surface area contributed by atoms with Crippen LogP contribution in [0.4, 0.5) is 0 Å². The summed E-state index contributed by atoms with van der Waals surface area (Å²) in [6.07, 6.45) is 2.96. The van der Waals surface area contributed by atoms with Crippen molar-refractivity contribution in [2.75, 3.05) is 6.54 Å². The first-order valence-electron chi connectivity index (χ1n) is 6.99. The second-order valence-corrected chi connectivity index (χ2v) is 6.41. The summed E-state index contributed by atoms with van der Waals surface area (Å²) in [7, 11) is 0. The summed E-state index contributed by atoms with van der Waals surface area (Å²) >= 11 is 1.73. The van der Waals surface area contributed by atoms with Crippen molar-refractivity contribution in [3.63, 3.8) is 0 Å². The minimum Gasteiger partial charge on any atom is -0.384 e. The first-order chi connectivity index (χ1) is 9.53. The lowest BCUT2D eigenvalue weighted by Gasteiger charge is -2.26. The molecule has 2 atom stereocenters. The number of hydrogen-bond donors (Lipinski definition) is 2. The third kappa shape index (κ3) is 3.66. The Bertz CT molecular complexity index is 536. The Morgan fingerprint density at radius 3 is 2.65 bits per heavy atom. The summed E-state index contributed by atoms with van der Waals surface area (Å²) < 4.78 is 0. The van der Waals surface area contributed by atoms with Crippen molar-refractivity contribution in [1.82, 2.24) is 10.3 Å². The minimum atomic E-state index is -0.875. The molecule has 2 aromatic rings. The molecule has 1 heterocycles. The number of aliphatic hydroxyl groups is 1. The van der Waals surface area contributed by atoms with Crippen LogP contribution >= 0.6 is 11.3 Å². The Labute approximate surface area is 124 Å². The molecule has 1 aromatic carbocycles. The van der Waals surface area contributed by atoms with Crippen molar-refractivity contribution < 1.29 is 5.11 Å². The first-order valence-corrected chi connectivity index (χ1v) is 7.80. The summed E-state index contributed by atoms with van der Waals surface area (Å²) in [6.45, 7) is 6.55. The predicted octanol–water partition coefficient (Wildman–Crippen LogP) is 3.26. The second kappa shape index (κ2) is 6.48. The van der Waals surface area contributed by atoms with Gasteiger partial charge in [0.1, 0.15) is 5.01 Å². The van der Waals surface area contributed by atoms with Gasteiger partial charge < -0.3 is 10.4 Å². The van der Waals surface area contributed by atoms with Crippen LogP contribution in [0, 0.1) is 0 Å². The van der Waals surface area contributed by atoms with Gasteiger partial charge in [0.05, 0.1) is 11.6 Å². The normalized spacial score (nSPS) is 15.8. The highest BCUT2D eigenvalue weighted by atomic mass is 32.1. The number of benzene rings is 1. The van der Waals surface area contributed by atoms with Crippen molar-refractivity contribution in [2.24, 2.45) is 0 Å². The highest BCUT2D eigenvalue weighted by Gasteiger charge is 2.23. The van der Waals surface area contributed by atoms with Crippen LogP contribution in [0.2, 0.25) is 0 Å². The zero-order valence-electron chi connectivity index (χ0n) is 12.3. The monoisotopic (exact) mass is 290 g/mol. The molecule has 0 saturated carbocycles. The van der Waals surface area contributed by atoms with Gasteiger partial charge in [-0.3, -0.25) is 0 Å². The number of hydrogen-bond acceptors (Lipinski definition) is 4. The lowest BCUT2D eigenvalue weighted by atomic mass is 9.96. The van der Waals surface area contributed by atoms with Crippen LogP contribution in [0.3, 0.4) is 0 Å². The lowest BCUT2D eigenvalue weighted by Crippen LogP contribution is -2.36. The van der Waals surface area contributed by atoms with Crippen molar-refractivity contribution in [3.8, 4) is 0 Å². The predicted molar refractivity (Wildman–Crippen MR) is 83.9 cm³/mol. The SMILES string of the molecule is CCc1cnc(C(C)NCC(C)(O)c2ccccc2)s1. The van der Waals surface area contributed by atoms with E-state index >= 15 is 0 Å². The number of nitrogens with one attached hydrogen (secondary N) is 1. The Hall–Kier alpha value is -1.23. The van der Waals surface area contributed by atoms with Crippen molar-refractivity contribution >= 4 is 11.3 Å². The number of thiazole rings is 1. The maximum Gasteiger partial charge on any atom is 0.109 e. The molecular formula is C16H22N2OS. The van der Waals surface area contributed by atoms with Gasteiger partial charge in [0.25, 0.3) is 0 Å². The van der Waals surface area contributed by atoms with Crippen molar-refractivity contribution in [1.29, 1.82) is 0 Å². The molecule has 2 unspecified atom stereocenters. The molecule has 0 fully saturated rings.